The molecular formula is C13H19N3O2. The van der Waals surface area contributed by atoms with Gasteiger partial charge >= 0.3 is 0 Å². The van der Waals surface area contributed by atoms with Gasteiger partial charge < -0.3 is 21.5 Å². The van der Waals surface area contributed by atoms with Crippen molar-refractivity contribution in [3.63, 3.8) is 0 Å². The number of carbonyl (C=O) groups is 1. The number of rotatable bonds is 4. The number of nitrogens with one attached hydrogen (secondary N) is 1. The highest BCUT2D eigenvalue weighted by Crippen LogP contribution is 2.24. The Kier molecular flexibility index (Phi) is 4.04. The number of hydrogen-bond donors (Lipinski definition) is 3. The van der Waals surface area contributed by atoms with Crippen LogP contribution in [-0.2, 0) is 4.74 Å². The fraction of sp³-hybridized carbons (Fsp3) is 0.462. The van der Waals surface area contributed by atoms with E-state index in [0.717, 1.165) is 32.6 Å². The zero-order valence-electron chi connectivity index (χ0n) is 10.3. The first-order valence-electron chi connectivity index (χ1n) is 6.18. The van der Waals surface area contributed by atoms with Crippen LogP contribution in [0.5, 0.6) is 0 Å². The van der Waals surface area contributed by atoms with Crippen molar-refractivity contribution < 1.29 is 9.53 Å². The second kappa shape index (κ2) is 5.73. The minimum Gasteiger partial charge on any atom is -0.397 e. The zero-order chi connectivity index (χ0) is 13.0. The van der Waals surface area contributed by atoms with Gasteiger partial charge in [0.15, 0.2) is 0 Å². The van der Waals surface area contributed by atoms with Crippen LogP contribution in [0.2, 0.25) is 0 Å². The van der Waals surface area contributed by atoms with Gasteiger partial charge in [0.05, 0.1) is 16.9 Å². The lowest BCUT2D eigenvalue weighted by atomic mass is 10.00. The number of ether oxygens (including phenoxy) is 1. The lowest BCUT2D eigenvalue weighted by Gasteiger charge is -2.23. The molecule has 2 rings (SSSR count). The highest BCUT2D eigenvalue weighted by molar-refractivity contribution is 6.01. The molecule has 18 heavy (non-hydrogen) atoms. The number of anilines is 2. The molecule has 0 aromatic heterocycles. The first-order valence-corrected chi connectivity index (χ1v) is 6.18. The van der Waals surface area contributed by atoms with Crippen molar-refractivity contribution in [2.45, 2.75) is 12.8 Å². The van der Waals surface area contributed by atoms with Crippen LogP contribution in [0.1, 0.15) is 23.2 Å². The Bertz CT molecular complexity index is 428. The van der Waals surface area contributed by atoms with E-state index in [4.69, 9.17) is 16.2 Å². The molecule has 1 heterocycles. The average molecular weight is 249 g/mol. The summed E-state index contributed by atoms with van der Waals surface area (Å²) >= 11 is 0. The van der Waals surface area contributed by atoms with Crippen LogP contribution < -0.4 is 16.8 Å². The van der Waals surface area contributed by atoms with Crippen molar-refractivity contribution in [2.24, 2.45) is 11.7 Å². The summed E-state index contributed by atoms with van der Waals surface area (Å²) in [6, 6.07) is 5.18. The molecule has 0 radical (unpaired) electrons. The summed E-state index contributed by atoms with van der Waals surface area (Å²) < 4.78 is 5.31. The summed E-state index contributed by atoms with van der Waals surface area (Å²) in [7, 11) is 0. The van der Waals surface area contributed by atoms with Crippen LogP contribution in [0, 0.1) is 5.92 Å². The summed E-state index contributed by atoms with van der Waals surface area (Å²) in [5, 5.41) is 3.25. The highest BCUT2D eigenvalue weighted by atomic mass is 16.5. The van der Waals surface area contributed by atoms with E-state index < -0.39 is 5.91 Å². The summed E-state index contributed by atoms with van der Waals surface area (Å²) in [5.74, 6) is 0.0934. The van der Waals surface area contributed by atoms with E-state index >= 15 is 0 Å². The SMILES string of the molecule is NC(=O)c1cccc(N)c1NCC1CCOCC1. The lowest BCUT2D eigenvalue weighted by molar-refractivity contribution is 0.0699. The molecule has 98 valence electrons. The van der Waals surface area contributed by atoms with Crippen molar-refractivity contribution in [2.75, 3.05) is 30.8 Å². The van der Waals surface area contributed by atoms with Crippen LogP contribution >= 0.6 is 0 Å². The monoisotopic (exact) mass is 249 g/mol. The van der Waals surface area contributed by atoms with E-state index in [2.05, 4.69) is 5.32 Å². The molecule has 1 amide bonds. The normalized spacial score (nSPS) is 16.4. The maximum absolute atomic E-state index is 11.3. The molecule has 5 nitrogen and oxygen atoms in total. The molecule has 0 bridgehead atoms. The topological polar surface area (TPSA) is 90.4 Å². The quantitative estimate of drug-likeness (QED) is 0.699. The molecule has 0 atom stereocenters. The molecule has 1 aliphatic rings. The van der Waals surface area contributed by atoms with Crippen LogP contribution in [0.4, 0.5) is 11.4 Å². The van der Waals surface area contributed by atoms with Gasteiger partial charge in [-0.05, 0) is 30.9 Å². The Hall–Kier alpha value is -1.75. The minimum atomic E-state index is -0.461. The van der Waals surface area contributed by atoms with Crippen LogP contribution in [0.3, 0.4) is 0 Å². The van der Waals surface area contributed by atoms with E-state index in [1.54, 1.807) is 18.2 Å². The Morgan fingerprint density at radius 1 is 1.39 bits per heavy atom. The molecule has 0 aliphatic carbocycles. The van der Waals surface area contributed by atoms with Gasteiger partial charge in [0.2, 0.25) is 0 Å². The Morgan fingerprint density at radius 3 is 2.78 bits per heavy atom. The van der Waals surface area contributed by atoms with Crippen molar-refractivity contribution in [3.05, 3.63) is 23.8 Å². The van der Waals surface area contributed by atoms with E-state index in [9.17, 15) is 4.79 Å². The molecule has 1 aromatic rings. The number of hydrogen-bond acceptors (Lipinski definition) is 4. The number of amides is 1. The number of carbonyl (C=O) groups excluding carboxylic acids is 1. The summed E-state index contributed by atoms with van der Waals surface area (Å²) in [5.41, 5.74) is 12.9. The third kappa shape index (κ3) is 2.92. The average Bonchev–Trinajstić information content (AvgIpc) is 2.38. The van der Waals surface area contributed by atoms with E-state index in [1.165, 1.54) is 0 Å². The summed E-state index contributed by atoms with van der Waals surface area (Å²) in [6.07, 6.45) is 2.07. The van der Waals surface area contributed by atoms with Gasteiger partial charge in [-0.2, -0.15) is 0 Å². The molecule has 5 heteroatoms. The van der Waals surface area contributed by atoms with Gasteiger partial charge in [-0.3, -0.25) is 4.79 Å². The maximum Gasteiger partial charge on any atom is 0.250 e. The zero-order valence-corrected chi connectivity index (χ0v) is 10.3. The molecule has 0 saturated carbocycles. The van der Waals surface area contributed by atoms with Crippen LogP contribution in [0.15, 0.2) is 18.2 Å². The van der Waals surface area contributed by atoms with Gasteiger partial charge in [0.1, 0.15) is 0 Å². The van der Waals surface area contributed by atoms with E-state index in [0.29, 0.717) is 22.9 Å². The third-order valence-corrected chi connectivity index (χ3v) is 3.27. The molecule has 1 fully saturated rings. The molecule has 1 saturated heterocycles. The predicted octanol–water partition coefficient (Wildman–Crippen LogP) is 1.21. The van der Waals surface area contributed by atoms with Crippen molar-refractivity contribution >= 4 is 17.3 Å². The fourth-order valence-electron chi connectivity index (χ4n) is 2.17. The van der Waals surface area contributed by atoms with Crippen molar-refractivity contribution in [1.82, 2.24) is 0 Å². The molecule has 5 N–H and O–H groups in total. The van der Waals surface area contributed by atoms with Gasteiger partial charge in [-0.25, -0.2) is 0 Å². The molecule has 1 aromatic carbocycles. The number of benzene rings is 1. The summed E-state index contributed by atoms with van der Waals surface area (Å²) in [4.78, 5) is 11.3. The van der Waals surface area contributed by atoms with Gasteiger partial charge in [0, 0.05) is 19.8 Å². The third-order valence-electron chi connectivity index (χ3n) is 3.27. The maximum atomic E-state index is 11.3. The van der Waals surface area contributed by atoms with E-state index in [1.807, 2.05) is 0 Å². The Morgan fingerprint density at radius 2 is 2.11 bits per heavy atom. The second-order valence-electron chi connectivity index (χ2n) is 4.57. The van der Waals surface area contributed by atoms with Gasteiger partial charge in [0.25, 0.3) is 5.91 Å². The van der Waals surface area contributed by atoms with Crippen molar-refractivity contribution in [3.8, 4) is 0 Å². The number of primary amides is 1. The first-order chi connectivity index (χ1) is 8.68. The Balaban J connectivity index is 2.05. The number of nitrogens with two attached hydrogens (primary N) is 2. The standard InChI is InChI=1S/C13H19N3O2/c14-11-3-1-2-10(13(15)17)12(11)16-8-9-4-6-18-7-5-9/h1-3,9,16H,4-8,14H2,(H2,15,17). The Labute approximate surface area is 106 Å². The molecular weight excluding hydrogens is 230 g/mol. The van der Waals surface area contributed by atoms with Crippen LogP contribution in [0.25, 0.3) is 0 Å². The fourth-order valence-corrected chi connectivity index (χ4v) is 2.17. The molecule has 1 aliphatic heterocycles. The minimum absolute atomic E-state index is 0.446. The molecule has 0 spiro atoms. The number of para-hydroxylation sites is 1. The lowest BCUT2D eigenvalue weighted by Crippen LogP contribution is -2.24. The smallest absolute Gasteiger partial charge is 0.250 e. The molecule has 0 unspecified atom stereocenters. The number of nitrogen functional groups attached to an aromatic ring is 1. The highest BCUT2D eigenvalue weighted by Gasteiger charge is 2.16. The van der Waals surface area contributed by atoms with Crippen molar-refractivity contribution in [1.29, 1.82) is 0 Å². The first kappa shape index (κ1) is 12.7. The van der Waals surface area contributed by atoms with Crippen LogP contribution in [-0.4, -0.2) is 25.7 Å². The predicted molar refractivity (Wildman–Crippen MR) is 71.4 cm³/mol. The second-order valence-corrected chi connectivity index (χ2v) is 4.57. The van der Waals surface area contributed by atoms with Gasteiger partial charge in [-0.1, -0.05) is 6.07 Å². The van der Waals surface area contributed by atoms with E-state index in [-0.39, 0.29) is 0 Å². The largest absolute Gasteiger partial charge is 0.397 e. The van der Waals surface area contributed by atoms with Gasteiger partial charge in [-0.15, -0.1) is 0 Å². The summed E-state index contributed by atoms with van der Waals surface area (Å²) in [6.45, 7) is 2.40.